The second kappa shape index (κ2) is 8.03. The highest BCUT2D eigenvalue weighted by Gasteiger charge is 1.79. The first-order valence-electron chi connectivity index (χ1n) is 3.50. The van der Waals surface area contributed by atoms with Crippen LogP contribution >= 0.6 is 11.6 Å². The maximum atomic E-state index is 5.30. The van der Waals surface area contributed by atoms with Gasteiger partial charge in [-0.25, -0.2) is 0 Å². The van der Waals surface area contributed by atoms with E-state index >= 15 is 0 Å². The third-order valence-corrected chi connectivity index (χ3v) is 1.33. The van der Waals surface area contributed by atoms with Gasteiger partial charge in [-0.2, -0.15) is 0 Å². The molecule has 0 unspecified atom stereocenters. The van der Waals surface area contributed by atoms with Crippen molar-refractivity contribution in [2.24, 2.45) is 0 Å². The van der Waals surface area contributed by atoms with Crippen LogP contribution in [-0.4, -0.2) is 0 Å². The minimum absolute atomic E-state index is 1.16. The monoisotopic (exact) mass is 145 g/mol. The molecule has 0 amide bonds. The lowest BCUT2D eigenvalue weighted by molar-refractivity contribution is 0.729. The van der Waals surface area contributed by atoms with E-state index in [9.17, 15) is 0 Å². The molecule has 0 nitrogen and oxygen atoms in total. The molecule has 1 heteroatoms. The van der Waals surface area contributed by atoms with Gasteiger partial charge in [0.1, 0.15) is 0 Å². The zero-order valence-electron chi connectivity index (χ0n) is 5.94. The van der Waals surface area contributed by atoms with E-state index in [1.165, 1.54) is 19.3 Å². The molecule has 0 aromatic heterocycles. The Kier molecular flexibility index (Phi) is 8.06. The van der Waals surface area contributed by atoms with Crippen LogP contribution < -0.4 is 0 Å². The molecule has 0 aliphatic rings. The van der Waals surface area contributed by atoms with E-state index < -0.39 is 0 Å². The van der Waals surface area contributed by atoms with Gasteiger partial charge in [0, 0.05) is 0 Å². The average molecular weight is 146 g/mol. The second-order valence-electron chi connectivity index (χ2n) is 2.05. The van der Waals surface area contributed by atoms with Crippen LogP contribution in [0.3, 0.4) is 0 Å². The van der Waals surface area contributed by atoms with E-state index in [0.29, 0.717) is 0 Å². The third kappa shape index (κ3) is 8.03. The quantitative estimate of drug-likeness (QED) is 0.520. The molecule has 0 heterocycles. The normalized spacial score (nSPS) is 10.9. The van der Waals surface area contributed by atoms with Crippen molar-refractivity contribution in [2.45, 2.75) is 32.6 Å². The molecule has 0 aromatic carbocycles. The summed E-state index contributed by atoms with van der Waals surface area (Å²) in [5.74, 6) is 1.55. The Balaban J connectivity index is 2.82. The third-order valence-electron chi connectivity index (χ3n) is 1.18. The summed E-state index contributed by atoms with van der Waals surface area (Å²) in [6.07, 6.45) is 9.06. The maximum absolute atomic E-state index is 5.30. The van der Waals surface area contributed by atoms with E-state index in [1.54, 1.807) is 5.88 Å². The highest BCUT2D eigenvalue weighted by Crippen LogP contribution is 2.00. The predicted octanol–water partition coefficient (Wildman–Crippen LogP) is 3.52. The molecule has 0 rings (SSSR count). The van der Waals surface area contributed by atoms with Gasteiger partial charge in [-0.15, -0.1) is 11.6 Å². The summed E-state index contributed by atoms with van der Waals surface area (Å²) >= 11 is 5.30. The Morgan fingerprint density at radius 1 is 1.33 bits per heavy atom. The standard InChI is InChI=1S/C8H14Cl/c1-2-3-4-5-6-7-8-9/h6-8H,2-5H2,1H3. The Bertz CT molecular complexity index is 67.0. The van der Waals surface area contributed by atoms with Crippen molar-refractivity contribution < 1.29 is 0 Å². The molecule has 9 heavy (non-hydrogen) atoms. The molecule has 0 atom stereocenters. The van der Waals surface area contributed by atoms with Gasteiger partial charge < -0.3 is 0 Å². The molecule has 0 aliphatic carbocycles. The fourth-order valence-electron chi connectivity index (χ4n) is 0.660. The summed E-state index contributed by atoms with van der Waals surface area (Å²) in [4.78, 5) is 0. The van der Waals surface area contributed by atoms with Crippen LogP contribution in [-0.2, 0) is 0 Å². The second-order valence-corrected chi connectivity index (χ2v) is 2.30. The smallest absolute Gasteiger partial charge is 0.0715 e. The number of rotatable bonds is 5. The lowest BCUT2D eigenvalue weighted by Gasteiger charge is -1.89. The SMILES string of the molecule is CCCCCC=C[CH]Cl. The number of hydrogen-bond acceptors (Lipinski definition) is 0. The molecular formula is C8H14Cl. The number of unbranched alkanes of at least 4 members (excludes halogenated alkanes) is 3. The zero-order valence-corrected chi connectivity index (χ0v) is 6.69. The van der Waals surface area contributed by atoms with Gasteiger partial charge in [-0.05, 0) is 12.8 Å². The van der Waals surface area contributed by atoms with Crippen LogP contribution in [0.1, 0.15) is 32.6 Å². The first-order chi connectivity index (χ1) is 4.41. The summed E-state index contributed by atoms with van der Waals surface area (Å²) in [6, 6.07) is 0. The molecule has 53 valence electrons. The zero-order chi connectivity index (χ0) is 6.95. The van der Waals surface area contributed by atoms with Crippen LogP contribution in [0.25, 0.3) is 0 Å². The molecule has 0 saturated carbocycles. The van der Waals surface area contributed by atoms with Gasteiger partial charge in [-0.1, -0.05) is 31.9 Å². The van der Waals surface area contributed by atoms with Crippen molar-refractivity contribution in [1.82, 2.24) is 0 Å². The van der Waals surface area contributed by atoms with Crippen LogP contribution in [0.15, 0.2) is 12.2 Å². The van der Waals surface area contributed by atoms with E-state index in [2.05, 4.69) is 13.0 Å². The summed E-state index contributed by atoms with van der Waals surface area (Å²) in [7, 11) is 0. The Morgan fingerprint density at radius 3 is 2.67 bits per heavy atom. The van der Waals surface area contributed by atoms with Gasteiger partial charge in [0.25, 0.3) is 0 Å². The molecule has 0 aromatic rings. The molecule has 0 fully saturated rings. The van der Waals surface area contributed by atoms with Crippen molar-refractivity contribution in [2.75, 3.05) is 0 Å². The van der Waals surface area contributed by atoms with Gasteiger partial charge in [-0.3, -0.25) is 0 Å². The van der Waals surface area contributed by atoms with Crippen molar-refractivity contribution >= 4 is 11.6 Å². The average Bonchev–Trinajstić information content (AvgIpc) is 1.89. The van der Waals surface area contributed by atoms with E-state index in [0.717, 1.165) is 6.42 Å². The number of halogens is 1. The summed E-state index contributed by atoms with van der Waals surface area (Å²) in [5.41, 5.74) is 0. The van der Waals surface area contributed by atoms with Crippen molar-refractivity contribution in [3.05, 3.63) is 18.0 Å². The fourth-order valence-corrected chi connectivity index (χ4v) is 0.763. The minimum atomic E-state index is 1.16. The lowest BCUT2D eigenvalue weighted by Crippen LogP contribution is -1.69. The Labute approximate surface area is 62.9 Å². The topological polar surface area (TPSA) is 0 Å². The van der Waals surface area contributed by atoms with Gasteiger partial charge in [0.15, 0.2) is 0 Å². The highest BCUT2D eigenvalue weighted by molar-refractivity contribution is 6.24. The molecular weight excluding hydrogens is 132 g/mol. The van der Waals surface area contributed by atoms with Crippen LogP contribution in [0.5, 0.6) is 0 Å². The molecule has 0 N–H and O–H groups in total. The minimum Gasteiger partial charge on any atom is -0.117 e. The lowest BCUT2D eigenvalue weighted by atomic mass is 10.2. The summed E-state index contributed by atoms with van der Waals surface area (Å²) < 4.78 is 0. The first-order valence-corrected chi connectivity index (χ1v) is 3.94. The summed E-state index contributed by atoms with van der Waals surface area (Å²) in [5, 5.41) is 0. The van der Waals surface area contributed by atoms with Crippen molar-refractivity contribution in [1.29, 1.82) is 0 Å². The molecule has 0 saturated heterocycles. The Hall–Kier alpha value is 0.0300. The fraction of sp³-hybridized carbons (Fsp3) is 0.625. The van der Waals surface area contributed by atoms with Crippen LogP contribution in [0.4, 0.5) is 0 Å². The maximum Gasteiger partial charge on any atom is 0.0715 e. The van der Waals surface area contributed by atoms with Gasteiger partial charge in [0.05, 0.1) is 5.88 Å². The van der Waals surface area contributed by atoms with E-state index in [-0.39, 0.29) is 0 Å². The summed E-state index contributed by atoms with van der Waals surface area (Å²) in [6.45, 7) is 2.21. The first kappa shape index (κ1) is 9.03. The van der Waals surface area contributed by atoms with Crippen LogP contribution in [0.2, 0.25) is 0 Å². The van der Waals surface area contributed by atoms with Crippen molar-refractivity contribution in [3.63, 3.8) is 0 Å². The number of hydrogen-bond donors (Lipinski definition) is 0. The molecule has 0 spiro atoms. The van der Waals surface area contributed by atoms with Gasteiger partial charge in [0.2, 0.25) is 0 Å². The molecule has 1 radical (unpaired) electrons. The van der Waals surface area contributed by atoms with E-state index in [1.807, 2.05) is 6.08 Å². The highest BCUT2D eigenvalue weighted by atomic mass is 35.5. The Morgan fingerprint density at radius 2 is 2.11 bits per heavy atom. The largest absolute Gasteiger partial charge is 0.117 e. The molecule has 0 bridgehead atoms. The van der Waals surface area contributed by atoms with Crippen LogP contribution in [0, 0.1) is 5.88 Å². The van der Waals surface area contributed by atoms with Gasteiger partial charge >= 0.3 is 0 Å². The van der Waals surface area contributed by atoms with Crippen molar-refractivity contribution in [3.8, 4) is 0 Å². The molecule has 0 aliphatic heterocycles. The van der Waals surface area contributed by atoms with E-state index in [4.69, 9.17) is 11.6 Å². The predicted molar refractivity (Wildman–Crippen MR) is 43.4 cm³/mol. The number of allylic oxidation sites excluding steroid dienone is 2.